The Kier molecular flexibility index (Phi) is 8.50. The smallest absolute Gasteiger partial charge is 0.269 e. The van der Waals surface area contributed by atoms with Gasteiger partial charge in [0, 0.05) is 32.0 Å². The van der Waals surface area contributed by atoms with E-state index in [0.29, 0.717) is 0 Å². The van der Waals surface area contributed by atoms with Gasteiger partial charge in [0.1, 0.15) is 10.9 Å². The number of rotatable bonds is 10. The number of hydrogen-bond acceptors (Lipinski definition) is 5. The molecule has 0 fully saturated rings. The van der Waals surface area contributed by atoms with E-state index in [-0.39, 0.29) is 48.3 Å². The first-order valence-corrected chi connectivity index (χ1v) is 14.4. The van der Waals surface area contributed by atoms with Crippen LogP contribution in [0.25, 0.3) is 0 Å². The normalized spacial score (nSPS) is 14.7. The number of fused-ring (bicyclic) bond motifs is 1. The molecule has 1 aliphatic heterocycles. The van der Waals surface area contributed by atoms with Crippen LogP contribution in [0.1, 0.15) is 47.3 Å². The molecule has 3 aromatic rings. The van der Waals surface area contributed by atoms with Gasteiger partial charge in [-0.25, -0.2) is 12.7 Å². The van der Waals surface area contributed by atoms with E-state index in [1.165, 1.54) is 17.0 Å². The Bertz CT molecular complexity index is 1470. The van der Waals surface area contributed by atoms with Crippen molar-refractivity contribution in [3.05, 3.63) is 101 Å². The molecule has 4 rings (SSSR count). The van der Waals surface area contributed by atoms with Crippen molar-refractivity contribution in [1.29, 1.82) is 0 Å². The van der Waals surface area contributed by atoms with Gasteiger partial charge >= 0.3 is 0 Å². The van der Waals surface area contributed by atoms with Crippen molar-refractivity contribution < 1.29 is 22.8 Å². The lowest BCUT2D eigenvalue weighted by molar-refractivity contribution is -0.141. The molecular weight excluding hydrogens is 514 g/mol. The Hall–Kier alpha value is -3.98. The molecule has 0 aromatic heterocycles. The van der Waals surface area contributed by atoms with Crippen LogP contribution in [0.3, 0.4) is 0 Å². The number of benzene rings is 3. The van der Waals surface area contributed by atoms with Crippen molar-refractivity contribution >= 4 is 27.7 Å². The average Bonchev–Trinajstić information content (AvgIpc) is 3.09. The molecule has 1 unspecified atom stereocenters. The van der Waals surface area contributed by atoms with Crippen LogP contribution in [-0.4, -0.2) is 54.0 Å². The van der Waals surface area contributed by atoms with Gasteiger partial charge < -0.3 is 10.2 Å². The Morgan fingerprint density at radius 3 is 2.26 bits per heavy atom. The summed E-state index contributed by atoms with van der Waals surface area (Å²) in [6.45, 7) is 5.49. The third-order valence-corrected chi connectivity index (χ3v) is 8.42. The Morgan fingerprint density at radius 1 is 0.923 bits per heavy atom. The van der Waals surface area contributed by atoms with Crippen molar-refractivity contribution in [2.75, 3.05) is 6.54 Å². The summed E-state index contributed by atoms with van der Waals surface area (Å²) in [7, 11) is -4.05. The first kappa shape index (κ1) is 28.0. The van der Waals surface area contributed by atoms with Gasteiger partial charge in [0.05, 0.1) is 5.56 Å². The standard InChI is InChI=1S/C30H33N3O5S/c1-21(2)31-29(35)26(19-23-11-5-4-6-12-23)32(20-24-13-9-10-22(3)18-24)28(34)16-17-33-30(36)25-14-7-8-15-27(25)39(33,37)38/h4-15,18,21,26H,16-17,19-20H2,1-3H3,(H,31,35). The minimum absolute atomic E-state index is 0.0580. The molecular formula is C30H33N3O5S. The predicted octanol–water partition coefficient (Wildman–Crippen LogP) is 3.69. The maximum atomic E-state index is 13.8. The number of carbonyl (C=O) groups is 3. The fraction of sp³-hybridized carbons (Fsp3) is 0.300. The maximum absolute atomic E-state index is 13.8. The maximum Gasteiger partial charge on any atom is 0.269 e. The topological polar surface area (TPSA) is 104 Å². The number of carbonyl (C=O) groups excluding carboxylic acids is 3. The number of nitrogens with one attached hydrogen (secondary N) is 1. The van der Waals surface area contributed by atoms with E-state index in [4.69, 9.17) is 0 Å². The second kappa shape index (κ2) is 11.8. The fourth-order valence-electron chi connectivity index (χ4n) is 4.73. The van der Waals surface area contributed by atoms with Crippen LogP contribution in [0.15, 0.2) is 83.8 Å². The first-order valence-electron chi connectivity index (χ1n) is 12.9. The Morgan fingerprint density at radius 2 is 1.59 bits per heavy atom. The van der Waals surface area contributed by atoms with Gasteiger partial charge in [-0.1, -0.05) is 72.3 Å². The molecule has 1 atom stereocenters. The molecule has 1 N–H and O–H groups in total. The lowest BCUT2D eigenvalue weighted by Gasteiger charge is -2.32. The monoisotopic (exact) mass is 547 g/mol. The van der Waals surface area contributed by atoms with Gasteiger partial charge in [0.15, 0.2) is 0 Å². The summed E-state index contributed by atoms with van der Waals surface area (Å²) in [6.07, 6.45) is 0.0222. The van der Waals surface area contributed by atoms with Crippen molar-refractivity contribution in [3.63, 3.8) is 0 Å². The molecule has 39 heavy (non-hydrogen) atoms. The third kappa shape index (κ3) is 6.37. The molecule has 0 saturated heterocycles. The lowest BCUT2D eigenvalue weighted by atomic mass is 10.0. The minimum atomic E-state index is -4.05. The number of hydrogen-bond donors (Lipinski definition) is 1. The molecule has 0 spiro atoms. The summed E-state index contributed by atoms with van der Waals surface area (Å²) in [5, 5.41) is 2.93. The molecule has 9 heteroatoms. The fourth-order valence-corrected chi connectivity index (χ4v) is 6.30. The quantitative estimate of drug-likeness (QED) is 0.417. The van der Waals surface area contributed by atoms with Crippen LogP contribution in [0.2, 0.25) is 0 Å². The molecule has 1 aliphatic rings. The highest BCUT2D eigenvalue weighted by molar-refractivity contribution is 7.90. The van der Waals surface area contributed by atoms with Crippen LogP contribution in [0.5, 0.6) is 0 Å². The summed E-state index contributed by atoms with van der Waals surface area (Å²) in [5.41, 5.74) is 2.84. The first-order chi connectivity index (χ1) is 18.6. The summed E-state index contributed by atoms with van der Waals surface area (Å²) in [4.78, 5) is 41.6. The van der Waals surface area contributed by atoms with Crippen molar-refractivity contribution in [2.24, 2.45) is 0 Å². The summed E-state index contributed by atoms with van der Waals surface area (Å²) in [6, 6.07) is 22.1. The molecule has 3 amide bonds. The summed E-state index contributed by atoms with van der Waals surface area (Å²) >= 11 is 0. The Balaban J connectivity index is 1.64. The number of nitrogens with zero attached hydrogens (tertiary/aromatic N) is 2. The zero-order valence-corrected chi connectivity index (χ0v) is 23.1. The highest BCUT2D eigenvalue weighted by atomic mass is 32.2. The second-order valence-electron chi connectivity index (χ2n) is 10.0. The van der Waals surface area contributed by atoms with E-state index in [1.54, 1.807) is 12.1 Å². The Labute approximate surface area is 229 Å². The van der Waals surface area contributed by atoms with Crippen LogP contribution in [0.4, 0.5) is 0 Å². The molecule has 3 aromatic carbocycles. The molecule has 1 heterocycles. The minimum Gasteiger partial charge on any atom is -0.352 e. The molecule has 0 saturated carbocycles. The third-order valence-electron chi connectivity index (χ3n) is 6.58. The lowest BCUT2D eigenvalue weighted by Crippen LogP contribution is -2.52. The summed E-state index contributed by atoms with van der Waals surface area (Å²) < 4.78 is 26.8. The van der Waals surface area contributed by atoms with Crippen molar-refractivity contribution in [2.45, 2.75) is 57.1 Å². The highest BCUT2D eigenvalue weighted by Crippen LogP contribution is 2.30. The van der Waals surface area contributed by atoms with E-state index in [9.17, 15) is 22.8 Å². The number of aryl methyl sites for hydroxylation is 1. The van der Waals surface area contributed by atoms with Gasteiger partial charge in [0.25, 0.3) is 15.9 Å². The van der Waals surface area contributed by atoms with Crippen LogP contribution in [0, 0.1) is 6.92 Å². The van der Waals surface area contributed by atoms with Gasteiger partial charge in [0.2, 0.25) is 11.8 Å². The average molecular weight is 548 g/mol. The molecule has 0 radical (unpaired) electrons. The van der Waals surface area contributed by atoms with E-state index in [0.717, 1.165) is 21.0 Å². The molecule has 204 valence electrons. The van der Waals surface area contributed by atoms with Crippen LogP contribution < -0.4 is 5.32 Å². The molecule has 0 aliphatic carbocycles. The van der Waals surface area contributed by atoms with Gasteiger partial charge in [-0.05, 0) is 44.0 Å². The van der Waals surface area contributed by atoms with Crippen molar-refractivity contribution in [3.8, 4) is 0 Å². The van der Waals surface area contributed by atoms with Crippen molar-refractivity contribution in [1.82, 2.24) is 14.5 Å². The SMILES string of the molecule is Cc1cccc(CN(C(=O)CCN2C(=O)c3ccccc3S2(=O)=O)C(Cc2ccccc2)C(=O)NC(C)C)c1. The zero-order chi connectivity index (χ0) is 28.2. The van der Waals surface area contributed by atoms with E-state index in [1.807, 2.05) is 75.4 Å². The highest BCUT2D eigenvalue weighted by Gasteiger charge is 2.41. The zero-order valence-electron chi connectivity index (χ0n) is 22.3. The number of sulfonamides is 1. The predicted molar refractivity (Wildman–Crippen MR) is 148 cm³/mol. The number of amides is 3. The van der Waals surface area contributed by atoms with E-state index < -0.39 is 27.9 Å². The molecule has 0 bridgehead atoms. The second-order valence-corrected chi connectivity index (χ2v) is 11.8. The van der Waals surface area contributed by atoms with Crippen LogP contribution in [-0.2, 0) is 32.6 Å². The van der Waals surface area contributed by atoms with Gasteiger partial charge in [-0.2, -0.15) is 0 Å². The van der Waals surface area contributed by atoms with Gasteiger partial charge in [-0.3, -0.25) is 14.4 Å². The van der Waals surface area contributed by atoms with Crippen LogP contribution >= 0.6 is 0 Å². The molecule has 8 nitrogen and oxygen atoms in total. The van der Waals surface area contributed by atoms with Gasteiger partial charge in [-0.15, -0.1) is 0 Å². The van der Waals surface area contributed by atoms with E-state index in [2.05, 4.69) is 5.32 Å². The van der Waals surface area contributed by atoms with E-state index >= 15 is 0 Å². The summed E-state index contributed by atoms with van der Waals surface area (Å²) in [5.74, 6) is -1.37. The largest absolute Gasteiger partial charge is 0.352 e.